The molecule has 10 nitrogen and oxygen atoms in total. The van der Waals surface area contributed by atoms with Crippen molar-refractivity contribution in [3.63, 3.8) is 0 Å². The Kier molecular flexibility index (Phi) is 11.0. The van der Waals surface area contributed by atoms with Gasteiger partial charge in [-0.1, -0.05) is 44.9 Å². The molecule has 0 bridgehead atoms. The second-order valence-electron chi connectivity index (χ2n) is 15.3. The molecule has 5 aliphatic rings. The van der Waals surface area contributed by atoms with E-state index in [9.17, 15) is 29.4 Å². The largest absolute Gasteiger partial charge is 0.457 e. The van der Waals surface area contributed by atoms with Gasteiger partial charge in [0.1, 0.15) is 18.2 Å². The van der Waals surface area contributed by atoms with Crippen LogP contribution in [0.15, 0.2) is 41.1 Å². The van der Waals surface area contributed by atoms with Gasteiger partial charge in [0.25, 0.3) is 0 Å². The van der Waals surface area contributed by atoms with E-state index in [1.165, 1.54) is 12.2 Å². The third kappa shape index (κ3) is 6.69. The molecule has 0 radical (unpaired) electrons. The number of ketones is 1. The Labute approximate surface area is 289 Å². The second kappa shape index (κ2) is 14.6. The zero-order valence-electron chi connectivity index (χ0n) is 29.4. The molecule has 49 heavy (non-hydrogen) atoms. The molecule has 4 N–H and O–H groups in total. The van der Waals surface area contributed by atoms with Crippen molar-refractivity contribution in [1.29, 1.82) is 0 Å². The number of nitrogens with one attached hydrogen (secondary N) is 2. The van der Waals surface area contributed by atoms with Gasteiger partial charge in [0, 0.05) is 29.6 Å². The molecule has 0 saturated heterocycles. The van der Waals surface area contributed by atoms with Crippen molar-refractivity contribution >= 4 is 29.3 Å². The van der Waals surface area contributed by atoms with Crippen LogP contribution in [-0.2, 0) is 23.9 Å². The van der Waals surface area contributed by atoms with Crippen molar-refractivity contribution in [2.24, 2.45) is 33.7 Å². The van der Waals surface area contributed by atoms with Crippen LogP contribution in [0.5, 0.6) is 0 Å². The predicted octanol–water partition coefficient (Wildman–Crippen LogP) is 4.94. The number of rotatable bonds is 10. The smallest absolute Gasteiger partial charge is 0.325 e. The van der Waals surface area contributed by atoms with Gasteiger partial charge in [0.2, 0.25) is 11.8 Å². The number of fused-ring (bicyclic) bond motifs is 5. The number of halogens is 1. The molecule has 0 aliphatic heterocycles. The molecule has 5 aliphatic carbocycles. The molecule has 2 amide bonds. The molecule has 0 aromatic carbocycles. The van der Waals surface area contributed by atoms with Crippen LogP contribution >= 0.6 is 0 Å². The van der Waals surface area contributed by atoms with Gasteiger partial charge in [-0.15, -0.1) is 0 Å². The predicted molar refractivity (Wildman–Crippen MR) is 183 cm³/mol. The molecule has 1 unspecified atom stereocenters. The van der Waals surface area contributed by atoms with Crippen molar-refractivity contribution in [2.75, 3.05) is 6.54 Å². The summed E-state index contributed by atoms with van der Waals surface area (Å²) in [5.41, 5.74) is -1.89. The minimum atomic E-state index is -2.00. The van der Waals surface area contributed by atoms with Gasteiger partial charge in [0.05, 0.1) is 11.8 Å². The van der Waals surface area contributed by atoms with Gasteiger partial charge in [-0.05, 0) is 101 Å². The van der Waals surface area contributed by atoms with Crippen LogP contribution in [-0.4, -0.2) is 69.5 Å². The summed E-state index contributed by atoms with van der Waals surface area (Å²) in [6.45, 7) is 7.21. The van der Waals surface area contributed by atoms with Crippen LogP contribution < -0.4 is 10.7 Å². The lowest BCUT2D eigenvalue weighted by Crippen LogP contribution is -2.69. The summed E-state index contributed by atoms with van der Waals surface area (Å²) in [5.74, 6) is -2.58. The van der Waals surface area contributed by atoms with E-state index >= 15 is 4.39 Å². The lowest BCUT2D eigenvalue weighted by atomic mass is 9.44. The van der Waals surface area contributed by atoms with E-state index in [0.29, 0.717) is 37.0 Å². The van der Waals surface area contributed by atoms with E-state index < -0.39 is 46.0 Å². The molecular formula is C38H54FN3O7. The second-order valence-corrected chi connectivity index (χ2v) is 15.3. The highest BCUT2D eigenvalue weighted by Gasteiger charge is 2.75. The van der Waals surface area contributed by atoms with Crippen molar-refractivity contribution in [1.82, 2.24) is 10.7 Å². The standard InChI is InChI=1S/C38H54FN3O7/c1-5-30(41-42-33(46)15-11-14-32(45)40-23-34(47)49-27-12-9-7-6-8-10-13-27)38(48)24(2)20-29-28-17-16-25-21-26(43)18-19-35(25,3)37(28,39)31(44)22-36(29,38)4/h9,12,18-19,21,24,27-29,31,44,48H,5-8,10-11,13-17,20,22-23H2,1-4H3,(H,40,45)(H,42,46)/b12-9+,41-30-/t24-,27?,28+,29+,31+,35+,36+,37+,38+/m1/s1. The number of esters is 1. The summed E-state index contributed by atoms with van der Waals surface area (Å²) in [7, 11) is 0. The molecule has 0 aromatic rings. The summed E-state index contributed by atoms with van der Waals surface area (Å²) in [4.78, 5) is 49.5. The zero-order valence-corrected chi connectivity index (χ0v) is 29.4. The first-order valence-electron chi connectivity index (χ1n) is 18.2. The number of ether oxygens (including phenoxy) is 1. The molecule has 3 saturated carbocycles. The number of hydrazone groups is 1. The van der Waals surface area contributed by atoms with Gasteiger partial charge in [0.15, 0.2) is 11.5 Å². The Balaban J connectivity index is 1.17. The van der Waals surface area contributed by atoms with E-state index in [2.05, 4.69) is 15.8 Å². The van der Waals surface area contributed by atoms with Gasteiger partial charge in [-0.25, -0.2) is 9.82 Å². The number of alkyl halides is 1. The molecule has 3 fully saturated rings. The fraction of sp³-hybridized carbons (Fsp3) is 0.711. The van der Waals surface area contributed by atoms with E-state index in [1.807, 2.05) is 32.9 Å². The third-order valence-electron chi connectivity index (χ3n) is 12.5. The Morgan fingerprint density at radius 3 is 2.61 bits per heavy atom. The number of amides is 2. The maximum atomic E-state index is 17.5. The first kappa shape index (κ1) is 37.1. The average Bonchev–Trinajstić information content (AvgIpc) is 3.23. The summed E-state index contributed by atoms with van der Waals surface area (Å²) >= 11 is 0. The Morgan fingerprint density at radius 1 is 1.10 bits per heavy atom. The number of aliphatic hydroxyl groups is 2. The number of nitrogens with zero attached hydrogens (tertiary/aromatic N) is 1. The molecule has 9 atom stereocenters. The van der Waals surface area contributed by atoms with E-state index in [4.69, 9.17) is 4.74 Å². The van der Waals surface area contributed by atoms with E-state index in [-0.39, 0.29) is 61.9 Å². The van der Waals surface area contributed by atoms with Gasteiger partial charge < -0.3 is 20.3 Å². The lowest BCUT2D eigenvalue weighted by Gasteiger charge is -2.62. The van der Waals surface area contributed by atoms with Gasteiger partial charge in [-0.3, -0.25) is 19.2 Å². The van der Waals surface area contributed by atoms with Crippen LogP contribution in [0.4, 0.5) is 4.39 Å². The van der Waals surface area contributed by atoms with Crippen LogP contribution in [0.1, 0.15) is 111 Å². The Bertz CT molecular complexity index is 1440. The number of carbonyl (C=O) groups excluding carboxylic acids is 4. The molecule has 5 rings (SSSR count). The summed E-state index contributed by atoms with van der Waals surface area (Å²) in [6.07, 6.45) is 13.9. The molecule has 0 heterocycles. The maximum absolute atomic E-state index is 17.5. The summed E-state index contributed by atoms with van der Waals surface area (Å²) in [6, 6.07) is 0. The molecular weight excluding hydrogens is 629 g/mol. The lowest BCUT2D eigenvalue weighted by molar-refractivity contribution is -0.208. The Hall–Kier alpha value is -3.18. The van der Waals surface area contributed by atoms with Crippen molar-refractivity contribution in [3.8, 4) is 0 Å². The number of hydrogen-bond donors (Lipinski definition) is 4. The first-order valence-corrected chi connectivity index (χ1v) is 18.2. The third-order valence-corrected chi connectivity index (χ3v) is 12.5. The quantitative estimate of drug-likeness (QED) is 0.110. The molecule has 0 aromatic heterocycles. The van der Waals surface area contributed by atoms with Crippen molar-refractivity contribution in [2.45, 2.75) is 135 Å². The summed E-state index contributed by atoms with van der Waals surface area (Å²) in [5, 5.41) is 31.1. The fourth-order valence-electron chi connectivity index (χ4n) is 9.89. The monoisotopic (exact) mass is 683 g/mol. The van der Waals surface area contributed by atoms with E-state index in [0.717, 1.165) is 32.1 Å². The zero-order chi connectivity index (χ0) is 35.6. The van der Waals surface area contributed by atoms with Gasteiger partial charge >= 0.3 is 5.97 Å². The van der Waals surface area contributed by atoms with E-state index in [1.54, 1.807) is 13.0 Å². The SMILES string of the molecule is CC/C(=N/NC(=O)CCCC(=O)NCC(=O)OC1/C=C/CCCCC1)[C@@]1(O)[C@H](C)C[C@H]2[C@@H]3CCC4=CC(=O)C=C[C@]4(C)[C@@]3(F)[C@@H](O)C[C@@]21C. The normalized spacial score (nSPS) is 39.3. The topological polar surface area (TPSA) is 154 Å². The summed E-state index contributed by atoms with van der Waals surface area (Å²) < 4.78 is 23.0. The minimum absolute atomic E-state index is 0.00312. The van der Waals surface area contributed by atoms with Crippen LogP contribution in [0.3, 0.4) is 0 Å². The number of hydrogen-bond acceptors (Lipinski definition) is 8. The first-order chi connectivity index (χ1) is 23.2. The number of aliphatic hydroxyl groups excluding tert-OH is 1. The fourth-order valence-corrected chi connectivity index (χ4v) is 9.89. The average molecular weight is 684 g/mol. The highest BCUT2D eigenvalue weighted by atomic mass is 19.1. The highest BCUT2D eigenvalue weighted by Crippen LogP contribution is 2.70. The van der Waals surface area contributed by atoms with Crippen molar-refractivity contribution < 1.29 is 38.5 Å². The Morgan fingerprint density at radius 2 is 1.86 bits per heavy atom. The molecule has 270 valence electrons. The van der Waals surface area contributed by atoms with Crippen molar-refractivity contribution in [3.05, 3.63) is 36.0 Å². The minimum Gasteiger partial charge on any atom is -0.457 e. The van der Waals surface area contributed by atoms with Crippen LogP contribution in [0.25, 0.3) is 0 Å². The number of allylic oxidation sites excluding steroid dienone is 5. The van der Waals surface area contributed by atoms with Crippen LogP contribution in [0.2, 0.25) is 0 Å². The molecule has 11 heteroatoms. The van der Waals surface area contributed by atoms with Gasteiger partial charge in [-0.2, -0.15) is 5.10 Å². The number of carbonyl (C=O) groups is 4. The van der Waals surface area contributed by atoms with Crippen LogP contribution in [0, 0.1) is 28.6 Å². The molecule has 0 spiro atoms. The maximum Gasteiger partial charge on any atom is 0.325 e. The highest BCUT2D eigenvalue weighted by molar-refractivity contribution is 6.01.